The highest BCUT2D eigenvalue weighted by atomic mass is 16.2. The molecule has 4 amide bonds. The van der Waals surface area contributed by atoms with Crippen LogP contribution in [0, 0.1) is 5.41 Å². The fourth-order valence-electron chi connectivity index (χ4n) is 4.57. The predicted molar refractivity (Wildman–Crippen MR) is 130 cm³/mol. The van der Waals surface area contributed by atoms with Crippen LogP contribution in [-0.4, -0.2) is 37.7 Å². The van der Waals surface area contributed by atoms with E-state index in [9.17, 15) is 14.4 Å². The summed E-state index contributed by atoms with van der Waals surface area (Å²) >= 11 is 0. The minimum Gasteiger partial charge on any atom is -0.378 e. The summed E-state index contributed by atoms with van der Waals surface area (Å²) in [5, 5.41) is 11.2. The molecule has 1 atom stereocenters. The molecule has 2 aliphatic rings. The maximum atomic E-state index is 13.7. The number of hydrogen-bond acceptors (Lipinski definition) is 6. The number of barbiturate groups is 1. The fourth-order valence-corrected chi connectivity index (χ4v) is 4.57. The lowest BCUT2D eigenvalue weighted by molar-refractivity contribution is -0.140. The zero-order chi connectivity index (χ0) is 23.9. The Balaban J connectivity index is 1.78. The normalized spacial score (nSPS) is 19.0. The zero-order valence-electron chi connectivity index (χ0n) is 18.7. The second kappa shape index (κ2) is 8.15. The van der Waals surface area contributed by atoms with Gasteiger partial charge in [-0.2, -0.15) is 5.10 Å². The van der Waals surface area contributed by atoms with Gasteiger partial charge < -0.3 is 4.90 Å². The average Bonchev–Trinajstić information content (AvgIpc) is 3.21. The van der Waals surface area contributed by atoms with E-state index >= 15 is 0 Å². The maximum Gasteiger partial charge on any atom is 0.328 e. The minimum absolute atomic E-state index is 0.279. The number of para-hydroxylation sites is 1. The molecule has 2 N–H and O–H groups in total. The monoisotopic (exact) mass is 453 g/mol. The number of carbonyl (C=O) groups is 3. The van der Waals surface area contributed by atoms with Crippen molar-refractivity contribution < 1.29 is 14.4 Å². The van der Waals surface area contributed by atoms with Crippen LogP contribution in [0.2, 0.25) is 0 Å². The number of nitrogens with zero attached hydrogens (tertiary/aromatic N) is 3. The number of carbonyl (C=O) groups excluding carboxylic acids is 3. The minimum atomic E-state index is -1.79. The van der Waals surface area contributed by atoms with Gasteiger partial charge in [-0.15, -0.1) is 0 Å². The number of benzene rings is 3. The second-order valence-electron chi connectivity index (χ2n) is 8.43. The first-order chi connectivity index (χ1) is 16.4. The number of hydrazone groups is 1. The first-order valence-corrected chi connectivity index (χ1v) is 10.9. The molecule has 1 saturated heterocycles. The summed E-state index contributed by atoms with van der Waals surface area (Å²) in [6.07, 6.45) is 0. The van der Waals surface area contributed by atoms with E-state index in [-0.39, 0.29) is 5.71 Å². The van der Waals surface area contributed by atoms with Gasteiger partial charge in [0.2, 0.25) is 0 Å². The number of rotatable bonds is 4. The van der Waals surface area contributed by atoms with E-state index in [0.717, 1.165) is 5.69 Å². The molecule has 8 heteroatoms. The van der Waals surface area contributed by atoms with Crippen LogP contribution in [0.25, 0.3) is 0 Å². The van der Waals surface area contributed by atoms with Gasteiger partial charge in [0.1, 0.15) is 6.04 Å². The van der Waals surface area contributed by atoms with Crippen molar-refractivity contribution in [3.8, 4) is 0 Å². The van der Waals surface area contributed by atoms with Crippen LogP contribution >= 0.6 is 0 Å². The van der Waals surface area contributed by atoms with Crippen LogP contribution in [0.3, 0.4) is 0 Å². The van der Waals surface area contributed by atoms with Crippen LogP contribution < -0.4 is 20.5 Å². The summed E-state index contributed by atoms with van der Waals surface area (Å²) in [4.78, 5) is 41.3. The van der Waals surface area contributed by atoms with Gasteiger partial charge in [0.15, 0.2) is 5.41 Å². The number of urea groups is 1. The summed E-state index contributed by atoms with van der Waals surface area (Å²) in [5.74, 6) is -1.41. The Kier molecular flexibility index (Phi) is 5.13. The Bertz CT molecular complexity index is 1270. The number of hydrogen-bond donors (Lipinski definition) is 2. The topological polar surface area (TPSA) is 94.1 Å². The quantitative estimate of drug-likeness (QED) is 0.592. The molecule has 0 radical (unpaired) electrons. The van der Waals surface area contributed by atoms with Gasteiger partial charge >= 0.3 is 6.03 Å². The molecule has 170 valence electrons. The molecule has 3 aromatic rings. The van der Waals surface area contributed by atoms with Crippen LogP contribution in [0.5, 0.6) is 0 Å². The largest absolute Gasteiger partial charge is 0.378 e. The number of amides is 4. The molecular formula is C26H23N5O3. The smallest absolute Gasteiger partial charge is 0.328 e. The van der Waals surface area contributed by atoms with Crippen molar-refractivity contribution in [2.24, 2.45) is 10.5 Å². The van der Waals surface area contributed by atoms with E-state index in [0.29, 0.717) is 16.8 Å². The third-order valence-electron chi connectivity index (χ3n) is 6.20. The highest BCUT2D eigenvalue weighted by Crippen LogP contribution is 2.50. The lowest BCUT2D eigenvalue weighted by Gasteiger charge is -2.38. The van der Waals surface area contributed by atoms with Gasteiger partial charge in [0.25, 0.3) is 11.8 Å². The van der Waals surface area contributed by atoms with Gasteiger partial charge in [-0.1, -0.05) is 60.7 Å². The van der Waals surface area contributed by atoms with Gasteiger partial charge in [0.05, 0.1) is 11.4 Å². The van der Waals surface area contributed by atoms with Crippen molar-refractivity contribution in [2.45, 2.75) is 6.04 Å². The average molecular weight is 454 g/mol. The van der Waals surface area contributed by atoms with Crippen molar-refractivity contribution in [3.05, 3.63) is 96.1 Å². The molecular weight excluding hydrogens is 430 g/mol. The molecule has 2 heterocycles. The van der Waals surface area contributed by atoms with Crippen molar-refractivity contribution in [2.75, 3.05) is 24.0 Å². The SMILES string of the molecule is CN(C)c1ccc(C2N(c3ccccc3)N=C(c3ccccc3)C23C(=O)NC(=O)NC3=O)cc1. The molecule has 0 aliphatic carbocycles. The molecule has 1 fully saturated rings. The Morgan fingerprint density at radius 1 is 0.794 bits per heavy atom. The molecule has 8 nitrogen and oxygen atoms in total. The van der Waals surface area contributed by atoms with Gasteiger partial charge in [0, 0.05) is 19.8 Å². The van der Waals surface area contributed by atoms with Crippen LogP contribution in [-0.2, 0) is 9.59 Å². The fraction of sp³-hybridized carbons (Fsp3) is 0.154. The van der Waals surface area contributed by atoms with Crippen molar-refractivity contribution in [3.63, 3.8) is 0 Å². The molecule has 1 spiro atoms. The van der Waals surface area contributed by atoms with E-state index in [1.807, 2.05) is 91.8 Å². The van der Waals surface area contributed by atoms with E-state index < -0.39 is 29.3 Å². The van der Waals surface area contributed by atoms with Gasteiger partial charge in [-0.25, -0.2) is 4.79 Å². The highest BCUT2D eigenvalue weighted by Gasteiger charge is 2.65. The molecule has 34 heavy (non-hydrogen) atoms. The van der Waals surface area contributed by atoms with Crippen molar-refractivity contribution in [1.82, 2.24) is 10.6 Å². The maximum absolute atomic E-state index is 13.7. The van der Waals surface area contributed by atoms with Crippen molar-refractivity contribution in [1.29, 1.82) is 0 Å². The Morgan fingerprint density at radius 3 is 1.91 bits per heavy atom. The Morgan fingerprint density at radius 2 is 1.35 bits per heavy atom. The molecule has 3 aromatic carbocycles. The first-order valence-electron chi connectivity index (χ1n) is 10.9. The molecule has 0 aromatic heterocycles. The van der Waals surface area contributed by atoms with Gasteiger partial charge in [-0.3, -0.25) is 25.2 Å². The summed E-state index contributed by atoms with van der Waals surface area (Å²) in [7, 11) is 3.87. The van der Waals surface area contributed by atoms with Crippen LogP contribution in [0.1, 0.15) is 17.2 Å². The third-order valence-corrected chi connectivity index (χ3v) is 6.20. The predicted octanol–water partition coefficient (Wildman–Crippen LogP) is 3.07. The van der Waals surface area contributed by atoms with E-state index in [2.05, 4.69) is 10.6 Å². The zero-order valence-corrected chi connectivity index (χ0v) is 18.7. The summed E-state index contributed by atoms with van der Waals surface area (Å²) < 4.78 is 0. The standard InChI is InChI=1S/C26H23N5O3/c1-30(2)19-15-13-18(14-16-19)22-26(23(32)27-25(34)28-24(26)33)21(17-9-5-3-6-10-17)29-31(22)20-11-7-4-8-12-20/h3-16,22H,1-2H3,(H2,27,28,32,33,34). The highest BCUT2D eigenvalue weighted by molar-refractivity contribution is 6.36. The van der Waals surface area contributed by atoms with Crippen molar-refractivity contribution >= 4 is 34.9 Å². The van der Waals surface area contributed by atoms with Crippen LogP contribution in [0.4, 0.5) is 16.2 Å². The number of anilines is 2. The number of nitrogens with one attached hydrogen (secondary N) is 2. The van der Waals surface area contributed by atoms with E-state index in [1.165, 1.54) is 0 Å². The molecule has 1 unspecified atom stereocenters. The Labute approximate surface area is 196 Å². The lowest BCUT2D eigenvalue weighted by Crippen LogP contribution is -2.67. The molecule has 5 rings (SSSR count). The molecule has 0 saturated carbocycles. The summed E-state index contributed by atoms with van der Waals surface area (Å²) in [5.41, 5.74) is 1.51. The second-order valence-corrected chi connectivity index (χ2v) is 8.43. The summed E-state index contributed by atoms with van der Waals surface area (Å²) in [6, 6.07) is 24.4. The van der Waals surface area contributed by atoms with E-state index in [4.69, 9.17) is 5.10 Å². The summed E-state index contributed by atoms with van der Waals surface area (Å²) in [6.45, 7) is 0. The molecule has 2 aliphatic heterocycles. The van der Waals surface area contributed by atoms with Gasteiger partial charge in [-0.05, 0) is 35.4 Å². The molecule has 0 bridgehead atoms. The van der Waals surface area contributed by atoms with Crippen LogP contribution in [0.15, 0.2) is 90.0 Å². The Hall–Kier alpha value is -4.46. The third kappa shape index (κ3) is 3.23. The lowest BCUT2D eigenvalue weighted by atomic mass is 9.69. The van der Waals surface area contributed by atoms with E-state index in [1.54, 1.807) is 17.1 Å². The number of imide groups is 2. The first kappa shape index (κ1) is 21.4.